The van der Waals surface area contributed by atoms with Gasteiger partial charge in [-0.1, -0.05) is 0 Å². The molecule has 0 aromatic carbocycles. The molecule has 0 aromatic rings. The molecule has 2 aliphatic heterocycles. The van der Waals surface area contributed by atoms with Crippen LogP contribution in [0.4, 0.5) is 0 Å². The van der Waals surface area contributed by atoms with Crippen LogP contribution in [0.1, 0.15) is 19.3 Å². The minimum absolute atomic E-state index is 1.03. The van der Waals surface area contributed by atoms with Crippen molar-refractivity contribution in [3.63, 3.8) is 0 Å². The molecule has 0 saturated carbocycles. The van der Waals surface area contributed by atoms with E-state index in [0.29, 0.717) is 0 Å². The third-order valence-electron chi connectivity index (χ3n) is 3.28. The molecule has 0 aliphatic carbocycles. The van der Waals surface area contributed by atoms with Crippen molar-refractivity contribution in [1.29, 1.82) is 0 Å². The van der Waals surface area contributed by atoms with Crippen molar-refractivity contribution in [2.45, 2.75) is 19.3 Å². The average Bonchev–Trinajstić information content (AvgIpc) is 2.68. The fourth-order valence-electron chi connectivity index (χ4n) is 2.19. The van der Waals surface area contributed by atoms with Crippen LogP contribution in [0.3, 0.4) is 0 Å². The molecule has 2 fully saturated rings. The van der Waals surface area contributed by atoms with Crippen molar-refractivity contribution in [2.75, 3.05) is 46.3 Å². The van der Waals surface area contributed by atoms with Gasteiger partial charge in [0.2, 0.25) is 0 Å². The number of hydrogen-bond acceptors (Lipinski definition) is 2. The Hall–Kier alpha value is -0.770. The predicted molar refractivity (Wildman–Crippen MR) is 63.2 cm³/mol. The number of hydrogen-bond donors (Lipinski definition) is 1. The van der Waals surface area contributed by atoms with E-state index < -0.39 is 0 Å². The Morgan fingerprint density at radius 2 is 1.87 bits per heavy atom. The second kappa shape index (κ2) is 5.35. The summed E-state index contributed by atoms with van der Waals surface area (Å²) in [5, 5.41) is 3.44. The van der Waals surface area contributed by atoms with Crippen molar-refractivity contribution in [1.82, 2.24) is 15.1 Å². The van der Waals surface area contributed by atoms with E-state index in [4.69, 9.17) is 0 Å². The zero-order valence-corrected chi connectivity index (χ0v) is 9.71. The minimum atomic E-state index is 1.03. The topological polar surface area (TPSA) is 30.9 Å². The molecule has 2 saturated heterocycles. The molecule has 2 rings (SSSR count). The first kappa shape index (κ1) is 10.7. The number of guanidine groups is 1. The van der Waals surface area contributed by atoms with Gasteiger partial charge in [-0.25, -0.2) is 0 Å². The summed E-state index contributed by atoms with van der Waals surface area (Å²) in [7, 11) is 1.88. The molecule has 1 N–H and O–H groups in total. The predicted octanol–water partition coefficient (Wildman–Crippen LogP) is 0.363. The largest absolute Gasteiger partial charge is 0.355 e. The Labute approximate surface area is 92.3 Å². The molecule has 86 valence electrons. The van der Waals surface area contributed by atoms with Crippen molar-refractivity contribution in [3.8, 4) is 0 Å². The Balaban J connectivity index is 1.66. The number of aliphatic imine (C=N–C) groups is 1. The second-order valence-corrected chi connectivity index (χ2v) is 4.36. The van der Waals surface area contributed by atoms with E-state index in [2.05, 4.69) is 20.1 Å². The molecule has 4 heteroatoms. The zero-order chi connectivity index (χ0) is 10.5. The molecule has 15 heavy (non-hydrogen) atoms. The summed E-state index contributed by atoms with van der Waals surface area (Å²) < 4.78 is 0. The van der Waals surface area contributed by atoms with Gasteiger partial charge in [0.15, 0.2) is 5.96 Å². The second-order valence-electron chi connectivity index (χ2n) is 4.36. The fraction of sp³-hybridized carbons (Fsp3) is 0.909. The van der Waals surface area contributed by atoms with Crippen molar-refractivity contribution in [3.05, 3.63) is 0 Å². The van der Waals surface area contributed by atoms with Gasteiger partial charge in [0.25, 0.3) is 0 Å². The normalized spacial score (nSPS) is 23.0. The molecular formula is C11H22N4. The van der Waals surface area contributed by atoms with E-state index in [9.17, 15) is 0 Å². The van der Waals surface area contributed by atoms with Crippen LogP contribution >= 0.6 is 0 Å². The lowest BCUT2D eigenvalue weighted by molar-refractivity contribution is 0.184. The number of rotatable bonds is 3. The molecule has 0 unspecified atom stereocenters. The standard InChI is InChI=1S/C11H22N4/c1-12-11(15-8-2-3-9-15)13-5-10-14-6-4-7-14/h2-10H2,1H3,(H,12,13). The SMILES string of the molecule is CN=C(NCCN1CCC1)N1CCCC1. The van der Waals surface area contributed by atoms with Crippen LogP contribution in [0.25, 0.3) is 0 Å². The van der Waals surface area contributed by atoms with Crippen LogP contribution in [-0.2, 0) is 0 Å². The molecule has 0 radical (unpaired) electrons. The number of nitrogens with one attached hydrogen (secondary N) is 1. The maximum Gasteiger partial charge on any atom is 0.193 e. The third kappa shape index (κ3) is 2.84. The highest BCUT2D eigenvalue weighted by Gasteiger charge is 2.16. The highest BCUT2D eigenvalue weighted by Crippen LogP contribution is 2.07. The summed E-state index contributed by atoms with van der Waals surface area (Å²) in [5.41, 5.74) is 0. The van der Waals surface area contributed by atoms with Crippen molar-refractivity contribution < 1.29 is 0 Å². The van der Waals surface area contributed by atoms with E-state index in [1.807, 2.05) is 7.05 Å². The average molecular weight is 210 g/mol. The molecule has 0 spiro atoms. The quantitative estimate of drug-likeness (QED) is 0.539. The summed E-state index contributed by atoms with van der Waals surface area (Å²) >= 11 is 0. The van der Waals surface area contributed by atoms with Gasteiger partial charge in [-0.05, 0) is 32.4 Å². The molecule has 0 aromatic heterocycles. The van der Waals surface area contributed by atoms with Crippen molar-refractivity contribution in [2.24, 2.45) is 4.99 Å². The molecule has 2 heterocycles. The third-order valence-corrected chi connectivity index (χ3v) is 3.28. The highest BCUT2D eigenvalue weighted by atomic mass is 15.3. The lowest BCUT2D eigenvalue weighted by Crippen LogP contribution is -2.46. The van der Waals surface area contributed by atoms with E-state index in [-0.39, 0.29) is 0 Å². The minimum Gasteiger partial charge on any atom is -0.355 e. The molecule has 0 bridgehead atoms. The van der Waals surface area contributed by atoms with Gasteiger partial charge in [-0.15, -0.1) is 0 Å². The Kier molecular flexibility index (Phi) is 3.83. The molecular weight excluding hydrogens is 188 g/mol. The summed E-state index contributed by atoms with van der Waals surface area (Å²) in [5.74, 6) is 1.09. The van der Waals surface area contributed by atoms with Crippen molar-refractivity contribution >= 4 is 5.96 Å². The van der Waals surface area contributed by atoms with Gasteiger partial charge >= 0.3 is 0 Å². The summed E-state index contributed by atoms with van der Waals surface area (Å²) in [4.78, 5) is 9.16. The van der Waals surface area contributed by atoms with Gasteiger partial charge in [-0.2, -0.15) is 0 Å². The number of likely N-dealkylation sites (tertiary alicyclic amines) is 2. The smallest absolute Gasteiger partial charge is 0.193 e. The number of nitrogens with zero attached hydrogens (tertiary/aromatic N) is 3. The van der Waals surface area contributed by atoms with Gasteiger partial charge in [-0.3, -0.25) is 4.99 Å². The highest BCUT2D eigenvalue weighted by molar-refractivity contribution is 5.80. The summed E-state index contributed by atoms with van der Waals surface area (Å²) in [6, 6.07) is 0. The van der Waals surface area contributed by atoms with Crippen LogP contribution in [-0.4, -0.2) is 62.1 Å². The molecule has 0 amide bonds. The maximum absolute atomic E-state index is 4.32. The van der Waals surface area contributed by atoms with Gasteiger partial charge in [0.05, 0.1) is 0 Å². The van der Waals surface area contributed by atoms with Crippen LogP contribution in [0, 0.1) is 0 Å². The van der Waals surface area contributed by atoms with E-state index in [1.54, 1.807) is 0 Å². The molecule has 2 aliphatic rings. The van der Waals surface area contributed by atoms with E-state index in [0.717, 1.165) is 19.0 Å². The zero-order valence-electron chi connectivity index (χ0n) is 9.71. The Morgan fingerprint density at radius 1 is 1.13 bits per heavy atom. The van der Waals surface area contributed by atoms with E-state index >= 15 is 0 Å². The first-order chi connectivity index (χ1) is 7.40. The first-order valence-electron chi connectivity index (χ1n) is 6.08. The maximum atomic E-state index is 4.32. The summed E-state index contributed by atoms with van der Waals surface area (Å²) in [6.07, 6.45) is 4.00. The Bertz CT molecular complexity index is 217. The van der Waals surface area contributed by atoms with Crippen LogP contribution in [0.5, 0.6) is 0 Å². The monoisotopic (exact) mass is 210 g/mol. The lowest BCUT2D eigenvalue weighted by Gasteiger charge is -2.31. The first-order valence-corrected chi connectivity index (χ1v) is 6.08. The van der Waals surface area contributed by atoms with Gasteiger partial charge in [0.1, 0.15) is 0 Å². The van der Waals surface area contributed by atoms with E-state index in [1.165, 1.54) is 45.4 Å². The van der Waals surface area contributed by atoms with Gasteiger partial charge in [0, 0.05) is 33.2 Å². The lowest BCUT2D eigenvalue weighted by atomic mass is 10.2. The fourth-order valence-corrected chi connectivity index (χ4v) is 2.19. The summed E-state index contributed by atoms with van der Waals surface area (Å²) in [6.45, 7) is 7.09. The van der Waals surface area contributed by atoms with Crippen LogP contribution < -0.4 is 5.32 Å². The Morgan fingerprint density at radius 3 is 2.40 bits per heavy atom. The van der Waals surface area contributed by atoms with Crippen LogP contribution in [0.2, 0.25) is 0 Å². The molecule has 4 nitrogen and oxygen atoms in total. The van der Waals surface area contributed by atoms with Crippen LogP contribution in [0.15, 0.2) is 4.99 Å². The van der Waals surface area contributed by atoms with Gasteiger partial charge < -0.3 is 15.1 Å². The molecule has 0 atom stereocenters.